The third-order valence-electron chi connectivity index (χ3n) is 3.55. The molecule has 2 aromatic heterocycles. The van der Waals surface area contributed by atoms with Crippen molar-refractivity contribution in [1.82, 2.24) is 15.2 Å². The number of hydrogen-bond acceptors (Lipinski definition) is 6. The van der Waals surface area contributed by atoms with Crippen LogP contribution in [0.25, 0.3) is 23.1 Å². The van der Waals surface area contributed by atoms with Crippen LogP contribution in [0.5, 0.6) is 0 Å². The fourth-order valence-corrected chi connectivity index (χ4v) is 2.33. The summed E-state index contributed by atoms with van der Waals surface area (Å²) in [6.45, 7) is 0. The number of benzene rings is 2. The van der Waals surface area contributed by atoms with Crippen molar-refractivity contribution in [2.45, 2.75) is 0 Å². The van der Waals surface area contributed by atoms with E-state index in [2.05, 4.69) is 20.5 Å². The second kappa shape index (κ2) is 6.60. The normalized spacial score (nSPS) is 10.7. The molecule has 0 saturated carbocycles. The van der Waals surface area contributed by atoms with Gasteiger partial charge in [-0.05, 0) is 30.3 Å². The molecule has 7 nitrogen and oxygen atoms in total. The fraction of sp³-hybridized carbons (Fsp3) is 0. The van der Waals surface area contributed by atoms with E-state index in [1.807, 2.05) is 0 Å². The number of nitrogens with zero attached hydrogens (tertiary/aromatic N) is 3. The number of halogens is 1. The van der Waals surface area contributed by atoms with E-state index >= 15 is 0 Å². The van der Waals surface area contributed by atoms with E-state index in [-0.39, 0.29) is 17.3 Å². The van der Waals surface area contributed by atoms with Gasteiger partial charge in [-0.1, -0.05) is 18.2 Å². The summed E-state index contributed by atoms with van der Waals surface area (Å²) in [5, 5.41) is 10.5. The highest BCUT2D eigenvalue weighted by Gasteiger charge is 2.15. The first-order valence-electron chi connectivity index (χ1n) is 7.59. The first-order chi connectivity index (χ1) is 12.7. The lowest BCUT2D eigenvalue weighted by molar-refractivity contribution is 0.102. The van der Waals surface area contributed by atoms with Gasteiger partial charge in [0.1, 0.15) is 5.82 Å². The van der Waals surface area contributed by atoms with Crippen LogP contribution in [0.3, 0.4) is 0 Å². The van der Waals surface area contributed by atoms with Crippen LogP contribution in [0, 0.1) is 5.82 Å². The molecule has 0 aliphatic carbocycles. The average molecular weight is 350 g/mol. The molecule has 8 heteroatoms. The minimum absolute atomic E-state index is 0.0386. The van der Waals surface area contributed by atoms with E-state index in [1.165, 1.54) is 30.8 Å². The number of oxazole rings is 1. The second-order valence-corrected chi connectivity index (χ2v) is 5.29. The van der Waals surface area contributed by atoms with Gasteiger partial charge in [-0.3, -0.25) is 4.79 Å². The molecule has 4 rings (SSSR count). The Labute approximate surface area is 146 Å². The molecule has 1 amide bonds. The second-order valence-electron chi connectivity index (χ2n) is 5.29. The molecule has 0 spiro atoms. The summed E-state index contributed by atoms with van der Waals surface area (Å²) in [6.07, 6.45) is 2.72. The van der Waals surface area contributed by atoms with Crippen molar-refractivity contribution in [3.63, 3.8) is 0 Å². The van der Waals surface area contributed by atoms with Gasteiger partial charge in [-0.2, -0.15) is 0 Å². The average Bonchev–Trinajstić information content (AvgIpc) is 3.34. The summed E-state index contributed by atoms with van der Waals surface area (Å²) in [7, 11) is 0. The lowest BCUT2D eigenvalue weighted by Gasteiger charge is -2.06. The molecule has 1 N–H and O–H groups in total. The number of nitrogens with one attached hydrogen (secondary N) is 1. The number of amides is 1. The van der Waals surface area contributed by atoms with Crippen LogP contribution < -0.4 is 5.32 Å². The molecule has 4 aromatic rings. The third-order valence-corrected chi connectivity index (χ3v) is 3.55. The van der Waals surface area contributed by atoms with Crippen molar-refractivity contribution in [1.29, 1.82) is 0 Å². The molecule has 0 aliphatic rings. The monoisotopic (exact) mass is 350 g/mol. The van der Waals surface area contributed by atoms with Crippen LogP contribution in [0.15, 0.2) is 70.0 Å². The van der Waals surface area contributed by atoms with Crippen LogP contribution in [0.1, 0.15) is 10.4 Å². The predicted molar refractivity (Wildman–Crippen MR) is 89.6 cm³/mol. The van der Waals surface area contributed by atoms with E-state index in [1.54, 1.807) is 30.3 Å². The topological polar surface area (TPSA) is 94.1 Å². The first-order valence-corrected chi connectivity index (χ1v) is 7.59. The Balaban J connectivity index is 1.57. The van der Waals surface area contributed by atoms with Gasteiger partial charge in [0.15, 0.2) is 6.39 Å². The summed E-state index contributed by atoms with van der Waals surface area (Å²) in [4.78, 5) is 16.0. The highest BCUT2D eigenvalue weighted by atomic mass is 19.1. The zero-order valence-corrected chi connectivity index (χ0v) is 13.2. The van der Waals surface area contributed by atoms with E-state index in [0.29, 0.717) is 17.0 Å². The van der Waals surface area contributed by atoms with Crippen molar-refractivity contribution in [2.75, 3.05) is 5.32 Å². The molecular weight excluding hydrogens is 339 g/mol. The zero-order valence-electron chi connectivity index (χ0n) is 13.2. The van der Waals surface area contributed by atoms with Crippen molar-refractivity contribution in [2.24, 2.45) is 0 Å². The minimum atomic E-state index is -0.588. The molecule has 0 radical (unpaired) electrons. The van der Waals surface area contributed by atoms with Crippen molar-refractivity contribution >= 4 is 11.6 Å². The number of rotatable bonds is 4. The highest BCUT2D eigenvalue weighted by molar-refractivity contribution is 6.04. The standard InChI is InChI=1S/C18H11FN4O3/c19-14-7-2-1-6-13(14)16(24)21-12-5-3-4-11(8-12)17-22-23-18(26-17)15-9-20-10-25-15/h1-10H,(H,21,24). The van der Waals surface area contributed by atoms with Gasteiger partial charge in [-0.15, -0.1) is 10.2 Å². The molecule has 26 heavy (non-hydrogen) atoms. The highest BCUT2D eigenvalue weighted by Crippen LogP contribution is 2.25. The molecule has 0 unspecified atom stereocenters. The largest absolute Gasteiger partial charge is 0.438 e. The van der Waals surface area contributed by atoms with Crippen molar-refractivity contribution in [3.05, 3.63) is 72.5 Å². The van der Waals surface area contributed by atoms with Crippen LogP contribution in [0.2, 0.25) is 0 Å². The molecule has 128 valence electrons. The van der Waals surface area contributed by atoms with Gasteiger partial charge in [0.25, 0.3) is 11.8 Å². The van der Waals surface area contributed by atoms with E-state index in [9.17, 15) is 9.18 Å². The van der Waals surface area contributed by atoms with E-state index in [0.717, 1.165) is 0 Å². The Hall–Kier alpha value is -3.81. The number of anilines is 1. The SMILES string of the molecule is O=C(Nc1cccc(-c2nnc(-c3cnco3)o2)c1)c1ccccc1F. The molecule has 2 heterocycles. The molecule has 0 saturated heterocycles. The Morgan fingerprint density at radius 1 is 1.04 bits per heavy atom. The number of hydrogen-bond donors (Lipinski definition) is 1. The fourth-order valence-electron chi connectivity index (χ4n) is 2.33. The summed E-state index contributed by atoms with van der Waals surface area (Å²) < 4.78 is 24.4. The summed E-state index contributed by atoms with van der Waals surface area (Å²) in [5.74, 6) is -0.340. The van der Waals surface area contributed by atoms with Crippen LogP contribution in [-0.4, -0.2) is 21.1 Å². The number of carbonyl (C=O) groups is 1. The lowest BCUT2D eigenvalue weighted by Crippen LogP contribution is -2.13. The van der Waals surface area contributed by atoms with Crippen molar-refractivity contribution in [3.8, 4) is 23.1 Å². The van der Waals surface area contributed by atoms with Gasteiger partial charge in [0.05, 0.1) is 11.8 Å². The van der Waals surface area contributed by atoms with E-state index in [4.69, 9.17) is 8.83 Å². The Morgan fingerprint density at radius 2 is 1.88 bits per heavy atom. The molecule has 2 aromatic carbocycles. The van der Waals surface area contributed by atoms with Gasteiger partial charge >= 0.3 is 0 Å². The van der Waals surface area contributed by atoms with Crippen LogP contribution >= 0.6 is 0 Å². The van der Waals surface area contributed by atoms with Crippen LogP contribution in [-0.2, 0) is 0 Å². The predicted octanol–water partition coefficient (Wildman–Crippen LogP) is 3.78. The maximum atomic E-state index is 13.7. The maximum Gasteiger partial charge on any atom is 0.285 e. The Bertz CT molecular complexity index is 1060. The van der Waals surface area contributed by atoms with Gasteiger partial charge < -0.3 is 14.2 Å². The van der Waals surface area contributed by atoms with Gasteiger partial charge in [0, 0.05) is 11.3 Å². The maximum absolute atomic E-state index is 13.7. The molecule has 0 fully saturated rings. The van der Waals surface area contributed by atoms with Crippen LogP contribution in [0.4, 0.5) is 10.1 Å². The minimum Gasteiger partial charge on any atom is -0.438 e. The number of aromatic nitrogens is 3. The summed E-state index contributed by atoms with van der Waals surface area (Å²) in [6, 6.07) is 12.5. The molecule has 0 aliphatic heterocycles. The smallest absolute Gasteiger partial charge is 0.285 e. The Morgan fingerprint density at radius 3 is 2.69 bits per heavy atom. The summed E-state index contributed by atoms with van der Waals surface area (Å²) in [5.41, 5.74) is 1.02. The van der Waals surface area contributed by atoms with Gasteiger partial charge in [0.2, 0.25) is 11.7 Å². The Kier molecular flexibility index (Phi) is 3.98. The molecule has 0 bridgehead atoms. The molecule has 0 atom stereocenters. The van der Waals surface area contributed by atoms with Crippen molar-refractivity contribution < 1.29 is 18.0 Å². The van der Waals surface area contributed by atoms with Gasteiger partial charge in [-0.25, -0.2) is 9.37 Å². The number of carbonyl (C=O) groups excluding carboxylic acids is 1. The summed E-state index contributed by atoms with van der Waals surface area (Å²) >= 11 is 0. The first kappa shape index (κ1) is 15.7. The quantitative estimate of drug-likeness (QED) is 0.602. The third kappa shape index (κ3) is 3.07. The zero-order chi connectivity index (χ0) is 17.9. The lowest BCUT2D eigenvalue weighted by atomic mass is 10.1. The molecular formula is C18H11FN4O3. The van der Waals surface area contributed by atoms with E-state index < -0.39 is 11.7 Å².